The lowest BCUT2D eigenvalue weighted by atomic mass is 10.1. The summed E-state index contributed by atoms with van der Waals surface area (Å²) in [5.74, 6) is 0.656. The number of hydrogen-bond acceptors (Lipinski definition) is 5. The maximum atomic E-state index is 12.7. The van der Waals surface area contributed by atoms with Crippen LogP contribution in [0.15, 0.2) is 70.4 Å². The van der Waals surface area contributed by atoms with Gasteiger partial charge in [0.1, 0.15) is 5.52 Å². The first kappa shape index (κ1) is 18.9. The number of aromatic nitrogens is 2. The lowest BCUT2D eigenvalue weighted by Gasteiger charge is -2.08. The van der Waals surface area contributed by atoms with Gasteiger partial charge in [0, 0.05) is 11.8 Å². The quantitative estimate of drug-likeness (QED) is 0.327. The van der Waals surface area contributed by atoms with E-state index in [0.29, 0.717) is 17.5 Å². The van der Waals surface area contributed by atoms with Gasteiger partial charge in [-0.05, 0) is 23.8 Å². The van der Waals surface area contributed by atoms with Gasteiger partial charge in [0.15, 0.2) is 11.6 Å². The summed E-state index contributed by atoms with van der Waals surface area (Å²) in [5.41, 5.74) is 3.94. The van der Waals surface area contributed by atoms with Crippen molar-refractivity contribution in [3.8, 4) is 11.3 Å². The molecule has 1 N–H and O–H groups in total. The van der Waals surface area contributed by atoms with Crippen molar-refractivity contribution >= 4 is 34.5 Å². The first-order valence-corrected chi connectivity index (χ1v) is 8.76. The molecule has 29 heavy (non-hydrogen) atoms. The molecule has 0 aliphatic rings. The molecule has 0 atom stereocenters. The maximum absolute atomic E-state index is 12.7. The van der Waals surface area contributed by atoms with Gasteiger partial charge in [-0.3, -0.25) is 5.43 Å². The zero-order valence-corrected chi connectivity index (χ0v) is 15.4. The Morgan fingerprint density at radius 2 is 1.86 bits per heavy atom. The maximum Gasteiger partial charge on any atom is 0.417 e. The Kier molecular flexibility index (Phi) is 4.94. The van der Waals surface area contributed by atoms with E-state index in [0.717, 1.165) is 22.6 Å². The Morgan fingerprint density at radius 1 is 1.07 bits per heavy atom. The van der Waals surface area contributed by atoms with Crippen molar-refractivity contribution < 1.29 is 17.7 Å². The minimum atomic E-state index is -4.51. The molecule has 0 unspecified atom stereocenters. The van der Waals surface area contributed by atoms with Crippen LogP contribution < -0.4 is 5.43 Å². The molecule has 9 heteroatoms. The van der Waals surface area contributed by atoms with E-state index in [2.05, 4.69) is 20.7 Å². The van der Waals surface area contributed by atoms with Crippen molar-refractivity contribution in [1.82, 2.24) is 10.1 Å². The average Bonchev–Trinajstić information content (AvgIpc) is 3.12. The molecule has 5 nitrogen and oxygen atoms in total. The van der Waals surface area contributed by atoms with Gasteiger partial charge >= 0.3 is 6.18 Å². The molecule has 0 saturated carbocycles. The van der Waals surface area contributed by atoms with Crippen molar-refractivity contribution in [3.63, 3.8) is 0 Å². The minimum Gasteiger partial charge on any atom is -0.355 e. The standard InChI is InChI=1S/C20H12ClF3N4O/c21-16-9-14(20(22,23)24)11-25-19(16)27-26-10-12-6-7-17-15(8-12)18(29-28-17)13-4-2-1-3-5-13/h1-11H,(H,25,27). The number of hydrazone groups is 1. The van der Waals surface area contributed by atoms with Gasteiger partial charge in [0.25, 0.3) is 0 Å². The fourth-order valence-electron chi connectivity index (χ4n) is 2.68. The lowest BCUT2D eigenvalue weighted by Crippen LogP contribution is -2.06. The molecule has 2 heterocycles. The molecule has 0 spiro atoms. The summed E-state index contributed by atoms with van der Waals surface area (Å²) >= 11 is 5.85. The highest BCUT2D eigenvalue weighted by Crippen LogP contribution is 2.32. The number of halogens is 4. The summed E-state index contributed by atoms with van der Waals surface area (Å²) in [4.78, 5) is 3.67. The van der Waals surface area contributed by atoms with Crippen LogP contribution in [0, 0.1) is 0 Å². The first-order valence-electron chi connectivity index (χ1n) is 8.38. The highest BCUT2D eigenvalue weighted by Gasteiger charge is 2.31. The lowest BCUT2D eigenvalue weighted by molar-refractivity contribution is -0.137. The van der Waals surface area contributed by atoms with E-state index in [4.69, 9.17) is 16.1 Å². The van der Waals surface area contributed by atoms with Gasteiger partial charge < -0.3 is 4.52 Å². The fraction of sp³-hybridized carbons (Fsp3) is 0.0500. The molecule has 0 fully saturated rings. The summed E-state index contributed by atoms with van der Waals surface area (Å²) in [7, 11) is 0. The van der Waals surface area contributed by atoms with Gasteiger partial charge in [-0.15, -0.1) is 0 Å². The van der Waals surface area contributed by atoms with Gasteiger partial charge in [0.2, 0.25) is 0 Å². The van der Waals surface area contributed by atoms with E-state index in [1.165, 1.54) is 6.21 Å². The monoisotopic (exact) mass is 416 g/mol. The van der Waals surface area contributed by atoms with Crippen LogP contribution in [0.25, 0.3) is 22.2 Å². The third-order valence-corrected chi connectivity index (χ3v) is 4.38. The third-order valence-electron chi connectivity index (χ3n) is 4.09. The van der Waals surface area contributed by atoms with Gasteiger partial charge in [-0.2, -0.15) is 18.3 Å². The second-order valence-electron chi connectivity index (χ2n) is 6.08. The van der Waals surface area contributed by atoms with Gasteiger partial charge in [-0.1, -0.05) is 53.2 Å². The number of alkyl halides is 3. The molecule has 4 rings (SSSR count). The van der Waals surface area contributed by atoms with Crippen molar-refractivity contribution in [3.05, 3.63) is 76.9 Å². The topological polar surface area (TPSA) is 63.3 Å². The Morgan fingerprint density at radius 3 is 2.59 bits per heavy atom. The molecular formula is C20H12ClF3N4O. The van der Waals surface area contributed by atoms with Crippen LogP contribution in [0.2, 0.25) is 5.02 Å². The summed E-state index contributed by atoms with van der Waals surface area (Å²) < 4.78 is 43.5. The number of nitrogens with zero attached hydrogens (tertiary/aromatic N) is 3. The van der Waals surface area contributed by atoms with Crippen molar-refractivity contribution in [2.24, 2.45) is 5.10 Å². The zero-order valence-electron chi connectivity index (χ0n) is 14.6. The van der Waals surface area contributed by atoms with Gasteiger partial charge in [0.05, 0.1) is 22.2 Å². The Hall–Kier alpha value is -3.39. The number of pyridine rings is 1. The van der Waals surface area contributed by atoms with E-state index in [9.17, 15) is 13.2 Å². The number of benzene rings is 2. The summed E-state index contributed by atoms with van der Waals surface area (Å²) in [6.07, 6.45) is -2.32. The number of hydrogen-bond donors (Lipinski definition) is 1. The van der Waals surface area contributed by atoms with Crippen LogP contribution in [0.5, 0.6) is 0 Å². The van der Waals surface area contributed by atoms with E-state index in [1.54, 1.807) is 12.1 Å². The second kappa shape index (κ2) is 7.56. The third kappa shape index (κ3) is 4.07. The van der Waals surface area contributed by atoms with Crippen LogP contribution in [-0.4, -0.2) is 16.4 Å². The predicted octanol–water partition coefficient (Wildman–Crippen LogP) is 6.01. The van der Waals surface area contributed by atoms with Gasteiger partial charge in [-0.25, -0.2) is 4.98 Å². The molecular weight excluding hydrogens is 405 g/mol. The van der Waals surface area contributed by atoms with Crippen LogP contribution in [-0.2, 0) is 6.18 Å². The zero-order chi connectivity index (χ0) is 20.4. The van der Waals surface area contributed by atoms with E-state index >= 15 is 0 Å². The molecule has 146 valence electrons. The fourth-order valence-corrected chi connectivity index (χ4v) is 2.89. The van der Waals surface area contributed by atoms with Crippen molar-refractivity contribution in [1.29, 1.82) is 0 Å². The predicted molar refractivity (Wildman–Crippen MR) is 105 cm³/mol. The van der Waals surface area contributed by atoms with Crippen LogP contribution in [0.3, 0.4) is 0 Å². The molecule has 0 amide bonds. The first-order chi connectivity index (χ1) is 13.9. The van der Waals surface area contributed by atoms with Crippen LogP contribution >= 0.6 is 11.6 Å². The summed E-state index contributed by atoms with van der Waals surface area (Å²) in [6, 6.07) is 15.8. The highest BCUT2D eigenvalue weighted by atomic mass is 35.5. The number of rotatable bonds is 4. The molecule has 0 saturated heterocycles. The summed E-state index contributed by atoms with van der Waals surface area (Å²) in [6.45, 7) is 0. The Labute approximate surface area is 167 Å². The molecule has 2 aromatic carbocycles. The van der Waals surface area contributed by atoms with E-state index < -0.39 is 11.7 Å². The molecule has 0 aliphatic heterocycles. The molecule has 4 aromatic rings. The van der Waals surface area contributed by atoms with Crippen LogP contribution in [0.4, 0.5) is 19.0 Å². The highest BCUT2D eigenvalue weighted by molar-refractivity contribution is 6.33. The van der Waals surface area contributed by atoms with Crippen molar-refractivity contribution in [2.45, 2.75) is 6.18 Å². The Bertz CT molecular complexity index is 1190. The SMILES string of the molecule is FC(F)(F)c1cnc(NN=Cc2ccc3noc(-c4ccccc4)c3c2)c(Cl)c1. The van der Waals surface area contributed by atoms with Crippen molar-refractivity contribution in [2.75, 3.05) is 5.43 Å². The number of nitrogens with one attached hydrogen (secondary N) is 1. The molecule has 0 radical (unpaired) electrons. The van der Waals surface area contributed by atoms with E-state index in [1.807, 2.05) is 36.4 Å². The molecule has 2 aromatic heterocycles. The minimum absolute atomic E-state index is 0.0203. The number of anilines is 1. The smallest absolute Gasteiger partial charge is 0.355 e. The molecule has 0 bridgehead atoms. The van der Waals surface area contributed by atoms with Crippen LogP contribution in [0.1, 0.15) is 11.1 Å². The Balaban J connectivity index is 1.56. The average molecular weight is 417 g/mol. The normalized spacial score (nSPS) is 12.0. The number of fused-ring (bicyclic) bond motifs is 1. The summed E-state index contributed by atoms with van der Waals surface area (Å²) in [5, 5.41) is 8.68. The second-order valence-corrected chi connectivity index (χ2v) is 6.48. The molecule has 0 aliphatic carbocycles. The van der Waals surface area contributed by atoms with E-state index in [-0.39, 0.29) is 10.8 Å². The largest absolute Gasteiger partial charge is 0.417 e.